The minimum Gasteiger partial charge on any atom is -0.408 e. The third-order valence-electron chi connectivity index (χ3n) is 3.33. The minimum absolute atomic E-state index is 0.325. The Morgan fingerprint density at radius 2 is 1.95 bits per heavy atom. The topological polar surface area (TPSA) is 47.2 Å². The number of oxazole rings is 1. The van der Waals surface area contributed by atoms with Crippen LogP contribution in [0.25, 0.3) is 11.1 Å². The molecule has 0 spiro atoms. The highest BCUT2D eigenvalue weighted by atomic mass is 35.5. The van der Waals surface area contributed by atoms with Gasteiger partial charge in [-0.25, -0.2) is 4.79 Å². The maximum atomic E-state index is 11.9. The van der Waals surface area contributed by atoms with Gasteiger partial charge in [0.2, 0.25) is 0 Å². The first-order chi connectivity index (χ1) is 10.1. The van der Waals surface area contributed by atoms with Gasteiger partial charge in [-0.15, -0.1) is 0 Å². The highest BCUT2D eigenvalue weighted by molar-refractivity contribution is 6.30. The lowest BCUT2D eigenvalue weighted by Crippen LogP contribution is -2.19. The molecule has 5 heteroatoms. The van der Waals surface area contributed by atoms with Gasteiger partial charge < -0.3 is 9.73 Å². The number of aromatic nitrogens is 1. The van der Waals surface area contributed by atoms with E-state index in [0.717, 1.165) is 16.8 Å². The van der Waals surface area contributed by atoms with Crippen LogP contribution in [0, 0.1) is 6.92 Å². The van der Waals surface area contributed by atoms with Crippen LogP contribution in [0.2, 0.25) is 5.02 Å². The lowest BCUT2D eigenvalue weighted by molar-refractivity contribution is 0.510. The number of hydrogen-bond donors (Lipinski definition) is 1. The Kier molecular flexibility index (Phi) is 3.71. The number of nitrogens with one attached hydrogen (secondary N) is 1. The van der Waals surface area contributed by atoms with Crippen LogP contribution in [-0.2, 0) is 6.54 Å². The number of rotatable bonds is 4. The molecule has 0 aliphatic carbocycles. The SMILES string of the molecule is Cc1ccc2oc(=O)n(CCNc3ccc(Cl)cc3)c2c1. The standard InChI is InChI=1S/C16H15ClN2O2/c1-11-2-7-15-14(10-11)19(16(20)21-15)9-8-18-13-5-3-12(17)4-6-13/h2-7,10,18H,8-9H2,1H3. The van der Waals surface area contributed by atoms with Crippen molar-refractivity contribution in [3.63, 3.8) is 0 Å². The number of hydrogen-bond acceptors (Lipinski definition) is 3. The molecule has 3 aromatic rings. The molecule has 0 fully saturated rings. The smallest absolute Gasteiger partial charge is 0.408 e. The number of anilines is 1. The number of benzene rings is 2. The van der Waals surface area contributed by atoms with Crippen LogP contribution in [0.4, 0.5) is 5.69 Å². The molecule has 0 bridgehead atoms. The molecule has 21 heavy (non-hydrogen) atoms. The zero-order valence-electron chi connectivity index (χ0n) is 11.6. The van der Waals surface area contributed by atoms with Crippen molar-refractivity contribution in [3.05, 3.63) is 63.6 Å². The molecule has 0 saturated carbocycles. The van der Waals surface area contributed by atoms with Gasteiger partial charge in [0.15, 0.2) is 5.58 Å². The van der Waals surface area contributed by atoms with Crippen LogP contribution in [-0.4, -0.2) is 11.1 Å². The predicted octanol–water partition coefficient (Wildman–Crippen LogP) is 3.67. The molecule has 0 aliphatic rings. The van der Waals surface area contributed by atoms with Crippen molar-refractivity contribution in [1.29, 1.82) is 0 Å². The van der Waals surface area contributed by atoms with Crippen molar-refractivity contribution < 1.29 is 4.42 Å². The Labute approximate surface area is 127 Å². The molecule has 4 nitrogen and oxygen atoms in total. The molecule has 0 unspecified atom stereocenters. The van der Waals surface area contributed by atoms with E-state index in [2.05, 4.69) is 5.32 Å². The fourth-order valence-electron chi connectivity index (χ4n) is 2.26. The highest BCUT2D eigenvalue weighted by Crippen LogP contribution is 2.15. The summed E-state index contributed by atoms with van der Waals surface area (Å²) >= 11 is 5.84. The van der Waals surface area contributed by atoms with Crippen molar-refractivity contribution in [2.75, 3.05) is 11.9 Å². The van der Waals surface area contributed by atoms with E-state index < -0.39 is 0 Å². The predicted molar refractivity (Wildman–Crippen MR) is 85.2 cm³/mol. The Morgan fingerprint density at radius 3 is 2.71 bits per heavy atom. The van der Waals surface area contributed by atoms with E-state index in [4.69, 9.17) is 16.0 Å². The van der Waals surface area contributed by atoms with Gasteiger partial charge in [-0.3, -0.25) is 4.57 Å². The highest BCUT2D eigenvalue weighted by Gasteiger charge is 2.08. The van der Waals surface area contributed by atoms with Crippen molar-refractivity contribution in [2.45, 2.75) is 13.5 Å². The third-order valence-corrected chi connectivity index (χ3v) is 3.58. The van der Waals surface area contributed by atoms with E-state index in [1.54, 1.807) is 4.57 Å². The first kappa shape index (κ1) is 13.8. The lowest BCUT2D eigenvalue weighted by atomic mass is 10.2. The third kappa shape index (κ3) is 2.95. The second kappa shape index (κ2) is 5.66. The molecule has 0 aliphatic heterocycles. The zero-order valence-corrected chi connectivity index (χ0v) is 12.4. The maximum absolute atomic E-state index is 11.9. The van der Waals surface area contributed by atoms with Crippen LogP contribution in [0.15, 0.2) is 51.7 Å². The molecule has 0 radical (unpaired) electrons. The largest absolute Gasteiger partial charge is 0.420 e. The van der Waals surface area contributed by atoms with E-state index >= 15 is 0 Å². The summed E-state index contributed by atoms with van der Waals surface area (Å²) in [6.07, 6.45) is 0. The van der Waals surface area contributed by atoms with Gasteiger partial charge in [0.25, 0.3) is 0 Å². The fourth-order valence-corrected chi connectivity index (χ4v) is 2.39. The quantitative estimate of drug-likeness (QED) is 0.800. The van der Waals surface area contributed by atoms with Gasteiger partial charge in [0, 0.05) is 23.8 Å². The molecule has 1 aromatic heterocycles. The average Bonchev–Trinajstić information content (AvgIpc) is 2.77. The summed E-state index contributed by atoms with van der Waals surface area (Å²) in [4.78, 5) is 11.9. The van der Waals surface area contributed by atoms with Gasteiger partial charge in [-0.2, -0.15) is 0 Å². The molecule has 3 rings (SSSR count). The summed E-state index contributed by atoms with van der Waals surface area (Å²) in [5, 5.41) is 3.96. The summed E-state index contributed by atoms with van der Waals surface area (Å²) in [5.74, 6) is -0.325. The molecule has 0 atom stereocenters. The first-order valence-electron chi connectivity index (χ1n) is 6.73. The van der Waals surface area contributed by atoms with E-state index in [-0.39, 0.29) is 5.76 Å². The summed E-state index contributed by atoms with van der Waals surface area (Å²) in [5.41, 5.74) is 3.52. The summed E-state index contributed by atoms with van der Waals surface area (Å²) in [6, 6.07) is 13.2. The number of nitrogens with zero attached hydrogens (tertiary/aromatic N) is 1. The fraction of sp³-hybridized carbons (Fsp3) is 0.188. The van der Waals surface area contributed by atoms with Gasteiger partial charge >= 0.3 is 5.76 Å². The second-order valence-corrected chi connectivity index (χ2v) is 5.36. The summed E-state index contributed by atoms with van der Waals surface area (Å²) in [6.45, 7) is 3.16. The molecule has 0 saturated heterocycles. The van der Waals surface area contributed by atoms with Crippen LogP contribution in [0.1, 0.15) is 5.56 Å². The zero-order chi connectivity index (χ0) is 14.8. The van der Waals surface area contributed by atoms with Crippen LogP contribution in [0.3, 0.4) is 0 Å². The molecule has 1 N–H and O–H groups in total. The van der Waals surface area contributed by atoms with Gasteiger partial charge in [-0.1, -0.05) is 17.7 Å². The van der Waals surface area contributed by atoms with Crippen LogP contribution < -0.4 is 11.1 Å². The van der Waals surface area contributed by atoms with E-state index in [0.29, 0.717) is 23.7 Å². The number of fused-ring (bicyclic) bond motifs is 1. The van der Waals surface area contributed by atoms with E-state index in [9.17, 15) is 4.79 Å². The lowest BCUT2D eigenvalue weighted by Gasteiger charge is -2.07. The maximum Gasteiger partial charge on any atom is 0.420 e. The van der Waals surface area contributed by atoms with Crippen molar-refractivity contribution in [3.8, 4) is 0 Å². The van der Waals surface area contributed by atoms with Gasteiger partial charge in [-0.05, 0) is 48.9 Å². The monoisotopic (exact) mass is 302 g/mol. The molecular formula is C16H15ClN2O2. The van der Waals surface area contributed by atoms with Crippen molar-refractivity contribution in [2.24, 2.45) is 0 Å². The average molecular weight is 303 g/mol. The van der Waals surface area contributed by atoms with Crippen molar-refractivity contribution >= 4 is 28.4 Å². The van der Waals surface area contributed by atoms with Gasteiger partial charge in [0.1, 0.15) is 0 Å². The van der Waals surface area contributed by atoms with E-state index in [1.807, 2.05) is 49.4 Å². The van der Waals surface area contributed by atoms with E-state index in [1.165, 1.54) is 0 Å². The molecule has 0 amide bonds. The molecule has 108 valence electrons. The van der Waals surface area contributed by atoms with Crippen LogP contribution in [0.5, 0.6) is 0 Å². The van der Waals surface area contributed by atoms with Gasteiger partial charge in [0.05, 0.1) is 5.52 Å². The Balaban J connectivity index is 1.76. The first-order valence-corrected chi connectivity index (χ1v) is 7.11. The molecular weight excluding hydrogens is 288 g/mol. The number of aryl methyl sites for hydroxylation is 1. The Bertz CT molecular complexity index is 818. The summed E-state index contributed by atoms with van der Waals surface area (Å²) in [7, 11) is 0. The van der Waals surface area contributed by atoms with Crippen LogP contribution >= 0.6 is 11.6 Å². The summed E-state index contributed by atoms with van der Waals surface area (Å²) < 4.78 is 6.88. The Hall–Kier alpha value is -2.20. The minimum atomic E-state index is -0.325. The van der Waals surface area contributed by atoms with Crippen molar-refractivity contribution in [1.82, 2.24) is 4.57 Å². The molecule has 2 aromatic carbocycles. The second-order valence-electron chi connectivity index (χ2n) is 4.92. The molecule has 1 heterocycles. The number of halogens is 1. The Morgan fingerprint density at radius 1 is 1.19 bits per heavy atom. The normalized spacial score (nSPS) is 11.0.